The van der Waals surface area contributed by atoms with E-state index in [1.807, 2.05) is 12.1 Å². The molecule has 0 saturated carbocycles. The van der Waals surface area contributed by atoms with Gasteiger partial charge in [0.25, 0.3) is 0 Å². The van der Waals surface area contributed by atoms with Gasteiger partial charge in [0.15, 0.2) is 0 Å². The zero-order chi connectivity index (χ0) is 17.9. The number of amides is 1. The van der Waals surface area contributed by atoms with Crippen LogP contribution in [0.4, 0.5) is 0 Å². The lowest BCUT2D eigenvalue weighted by molar-refractivity contribution is -0.119. The Morgan fingerprint density at radius 2 is 2.04 bits per heavy atom. The van der Waals surface area contributed by atoms with Crippen LogP contribution in [-0.2, 0) is 21.4 Å². The van der Waals surface area contributed by atoms with Crippen LogP contribution in [0.5, 0.6) is 0 Å². The minimum Gasteiger partial charge on any atom is -0.351 e. The fraction of sp³-hybridized carbons (Fsp3) is 0.333. The zero-order valence-electron chi connectivity index (χ0n) is 14.1. The maximum atomic E-state index is 13.0. The fourth-order valence-corrected chi connectivity index (χ4v) is 4.81. The summed E-state index contributed by atoms with van der Waals surface area (Å²) in [6, 6.07) is 12.0. The smallest absolute Gasteiger partial charge is 0.243 e. The Balaban J connectivity index is 1.87. The number of nitrogens with one attached hydrogen (secondary N) is 1. The van der Waals surface area contributed by atoms with Crippen LogP contribution in [0.25, 0.3) is 0 Å². The Hall–Kier alpha value is -2.25. The standard InChI is InChI=1S/C18H21N3O3S/c1-14(22)20-13-16-12-15(9-10-19-16)18-8-5-11-21(18)25(23,24)17-6-3-2-4-7-17/h2-4,6-7,9-10,12,18H,5,8,11,13H2,1H3,(H,20,22)/t18-/m1/s1. The number of nitrogens with zero attached hydrogens (tertiary/aromatic N) is 2. The molecule has 0 bridgehead atoms. The van der Waals surface area contributed by atoms with Crippen molar-refractivity contribution in [3.63, 3.8) is 0 Å². The fourth-order valence-electron chi connectivity index (χ4n) is 3.10. The van der Waals surface area contributed by atoms with E-state index in [0.29, 0.717) is 18.0 Å². The van der Waals surface area contributed by atoms with E-state index in [4.69, 9.17) is 0 Å². The van der Waals surface area contributed by atoms with Gasteiger partial charge in [0, 0.05) is 19.7 Å². The van der Waals surface area contributed by atoms with Gasteiger partial charge in [-0.05, 0) is 42.7 Å². The molecular formula is C18H21N3O3S. The van der Waals surface area contributed by atoms with Crippen LogP contribution < -0.4 is 5.32 Å². The zero-order valence-corrected chi connectivity index (χ0v) is 14.9. The summed E-state index contributed by atoms with van der Waals surface area (Å²) in [5.74, 6) is -0.124. The highest BCUT2D eigenvalue weighted by Gasteiger charge is 2.36. The summed E-state index contributed by atoms with van der Waals surface area (Å²) in [5, 5.41) is 2.71. The number of carbonyl (C=O) groups is 1. The minimum absolute atomic E-state index is 0.124. The number of carbonyl (C=O) groups excluding carboxylic acids is 1. The topological polar surface area (TPSA) is 79.4 Å². The number of rotatable bonds is 5. The third-order valence-electron chi connectivity index (χ3n) is 4.30. The Morgan fingerprint density at radius 1 is 1.28 bits per heavy atom. The highest BCUT2D eigenvalue weighted by Crippen LogP contribution is 2.36. The molecule has 7 heteroatoms. The van der Waals surface area contributed by atoms with Crippen LogP contribution in [0.2, 0.25) is 0 Å². The normalized spacial score (nSPS) is 18.2. The Bertz CT molecular complexity index is 853. The van der Waals surface area contributed by atoms with Gasteiger partial charge in [-0.15, -0.1) is 0 Å². The second-order valence-electron chi connectivity index (χ2n) is 6.08. The Kier molecular flexibility index (Phi) is 5.15. The van der Waals surface area contributed by atoms with E-state index in [-0.39, 0.29) is 11.9 Å². The van der Waals surface area contributed by atoms with Crippen molar-refractivity contribution >= 4 is 15.9 Å². The first-order chi connectivity index (χ1) is 12.0. The lowest BCUT2D eigenvalue weighted by atomic mass is 10.1. The molecule has 0 aliphatic carbocycles. The van der Waals surface area contributed by atoms with Crippen molar-refractivity contribution in [2.24, 2.45) is 0 Å². The minimum atomic E-state index is -3.53. The molecule has 1 aliphatic heterocycles. The summed E-state index contributed by atoms with van der Waals surface area (Å²) in [7, 11) is -3.53. The molecule has 1 amide bonds. The van der Waals surface area contributed by atoms with E-state index in [1.54, 1.807) is 40.8 Å². The van der Waals surface area contributed by atoms with Crippen molar-refractivity contribution in [2.45, 2.75) is 37.2 Å². The largest absolute Gasteiger partial charge is 0.351 e. The first-order valence-electron chi connectivity index (χ1n) is 8.24. The summed E-state index contributed by atoms with van der Waals surface area (Å²) < 4.78 is 27.5. The average Bonchev–Trinajstić information content (AvgIpc) is 3.12. The molecule has 2 heterocycles. The average molecular weight is 359 g/mol. The molecular weight excluding hydrogens is 338 g/mol. The van der Waals surface area contributed by atoms with Crippen molar-refractivity contribution in [2.75, 3.05) is 6.54 Å². The van der Waals surface area contributed by atoms with Gasteiger partial charge in [0.05, 0.1) is 23.2 Å². The quantitative estimate of drug-likeness (QED) is 0.888. The molecule has 1 aliphatic rings. The first kappa shape index (κ1) is 17.6. The summed E-state index contributed by atoms with van der Waals surface area (Å²) in [4.78, 5) is 15.6. The molecule has 6 nitrogen and oxygen atoms in total. The summed E-state index contributed by atoms with van der Waals surface area (Å²) in [6.07, 6.45) is 3.26. The van der Waals surface area contributed by atoms with Crippen molar-refractivity contribution in [3.8, 4) is 0 Å². The number of aromatic nitrogens is 1. The molecule has 0 radical (unpaired) electrons. The van der Waals surface area contributed by atoms with E-state index in [1.165, 1.54) is 6.92 Å². The van der Waals surface area contributed by atoms with Crippen LogP contribution in [0.3, 0.4) is 0 Å². The van der Waals surface area contributed by atoms with Gasteiger partial charge in [-0.1, -0.05) is 18.2 Å². The number of sulfonamides is 1. The maximum Gasteiger partial charge on any atom is 0.243 e. The van der Waals surface area contributed by atoms with Gasteiger partial charge in [-0.25, -0.2) is 8.42 Å². The van der Waals surface area contributed by atoms with Crippen LogP contribution in [0.15, 0.2) is 53.6 Å². The lowest BCUT2D eigenvalue weighted by Crippen LogP contribution is -2.30. The number of pyridine rings is 1. The molecule has 0 spiro atoms. The monoisotopic (exact) mass is 359 g/mol. The van der Waals surface area contributed by atoms with Crippen molar-refractivity contribution in [1.82, 2.24) is 14.6 Å². The van der Waals surface area contributed by atoms with E-state index < -0.39 is 10.0 Å². The molecule has 132 valence electrons. The van der Waals surface area contributed by atoms with Crippen LogP contribution >= 0.6 is 0 Å². The molecule has 1 saturated heterocycles. The molecule has 1 aromatic heterocycles. The Labute approximate surface area is 147 Å². The third kappa shape index (κ3) is 3.88. The highest BCUT2D eigenvalue weighted by atomic mass is 32.2. The number of benzene rings is 1. The predicted octanol–water partition coefficient (Wildman–Crippen LogP) is 2.24. The van der Waals surface area contributed by atoms with E-state index in [2.05, 4.69) is 10.3 Å². The summed E-state index contributed by atoms with van der Waals surface area (Å²) in [5.41, 5.74) is 1.63. The second-order valence-corrected chi connectivity index (χ2v) is 7.97. The second kappa shape index (κ2) is 7.33. The maximum absolute atomic E-state index is 13.0. The van der Waals surface area contributed by atoms with Gasteiger partial charge in [0.2, 0.25) is 15.9 Å². The molecule has 2 aromatic rings. The number of hydrogen-bond donors (Lipinski definition) is 1. The van der Waals surface area contributed by atoms with Gasteiger partial charge in [-0.2, -0.15) is 4.31 Å². The van der Waals surface area contributed by atoms with E-state index >= 15 is 0 Å². The van der Waals surface area contributed by atoms with Crippen molar-refractivity contribution in [1.29, 1.82) is 0 Å². The van der Waals surface area contributed by atoms with Crippen LogP contribution in [-0.4, -0.2) is 30.2 Å². The SMILES string of the molecule is CC(=O)NCc1cc([C@H]2CCCN2S(=O)(=O)c2ccccc2)ccn1. The van der Waals surface area contributed by atoms with Crippen LogP contribution in [0.1, 0.15) is 37.1 Å². The summed E-state index contributed by atoms with van der Waals surface area (Å²) in [6.45, 7) is 2.29. The molecule has 3 rings (SSSR count). The van der Waals surface area contributed by atoms with Gasteiger partial charge in [0.1, 0.15) is 0 Å². The lowest BCUT2D eigenvalue weighted by Gasteiger charge is -2.24. The molecule has 1 atom stereocenters. The predicted molar refractivity (Wildman–Crippen MR) is 94.1 cm³/mol. The van der Waals surface area contributed by atoms with E-state index in [0.717, 1.165) is 24.1 Å². The third-order valence-corrected chi connectivity index (χ3v) is 6.22. The molecule has 1 aromatic carbocycles. The molecule has 1 N–H and O–H groups in total. The molecule has 1 fully saturated rings. The first-order valence-corrected chi connectivity index (χ1v) is 9.68. The summed E-state index contributed by atoms with van der Waals surface area (Å²) >= 11 is 0. The van der Waals surface area contributed by atoms with Gasteiger partial charge >= 0.3 is 0 Å². The van der Waals surface area contributed by atoms with Gasteiger partial charge < -0.3 is 5.32 Å². The highest BCUT2D eigenvalue weighted by molar-refractivity contribution is 7.89. The van der Waals surface area contributed by atoms with Crippen LogP contribution in [0, 0.1) is 0 Å². The Morgan fingerprint density at radius 3 is 2.76 bits per heavy atom. The molecule has 25 heavy (non-hydrogen) atoms. The van der Waals surface area contributed by atoms with Crippen molar-refractivity contribution < 1.29 is 13.2 Å². The number of hydrogen-bond acceptors (Lipinski definition) is 4. The van der Waals surface area contributed by atoms with Gasteiger partial charge in [-0.3, -0.25) is 9.78 Å². The van der Waals surface area contributed by atoms with Crippen molar-refractivity contribution in [3.05, 3.63) is 59.9 Å². The molecule has 0 unspecified atom stereocenters. The van der Waals surface area contributed by atoms with E-state index in [9.17, 15) is 13.2 Å².